The second-order valence-electron chi connectivity index (χ2n) is 6.74. The van der Waals surface area contributed by atoms with Gasteiger partial charge in [0, 0.05) is 42.2 Å². The minimum atomic E-state index is -0.257. The number of carbonyl (C=O) groups excluding carboxylic acids is 1. The van der Waals surface area contributed by atoms with Crippen LogP contribution < -0.4 is 10.6 Å². The van der Waals surface area contributed by atoms with Crippen molar-refractivity contribution in [2.45, 2.75) is 26.7 Å². The van der Waals surface area contributed by atoms with Crippen molar-refractivity contribution in [1.29, 1.82) is 5.41 Å². The zero-order valence-corrected chi connectivity index (χ0v) is 16.2. The highest BCUT2D eigenvalue weighted by molar-refractivity contribution is 5.98. The van der Waals surface area contributed by atoms with E-state index >= 15 is 0 Å². The summed E-state index contributed by atoms with van der Waals surface area (Å²) in [5.74, 6) is 0. The Balaban J connectivity index is 1.64. The summed E-state index contributed by atoms with van der Waals surface area (Å²) in [6.07, 6.45) is 4.98. The molecule has 0 radical (unpaired) electrons. The molecule has 0 aliphatic heterocycles. The average molecular weight is 375 g/mol. The Hall–Kier alpha value is -3.41. The van der Waals surface area contributed by atoms with E-state index in [1.807, 2.05) is 55.6 Å². The second kappa shape index (κ2) is 8.99. The van der Waals surface area contributed by atoms with Crippen LogP contribution in [0.3, 0.4) is 0 Å². The summed E-state index contributed by atoms with van der Waals surface area (Å²) in [7, 11) is 0. The molecule has 0 spiro atoms. The van der Waals surface area contributed by atoms with Gasteiger partial charge in [-0.15, -0.1) is 0 Å². The van der Waals surface area contributed by atoms with Gasteiger partial charge < -0.3 is 21.0 Å². The topological polar surface area (TPSA) is 93.7 Å². The molecule has 3 aromatic rings. The molecule has 144 valence electrons. The van der Waals surface area contributed by atoms with Crippen LogP contribution in [-0.2, 0) is 12.8 Å². The number of rotatable bonds is 7. The monoisotopic (exact) mass is 375 g/mol. The predicted molar refractivity (Wildman–Crippen MR) is 113 cm³/mol. The second-order valence-corrected chi connectivity index (χ2v) is 6.74. The van der Waals surface area contributed by atoms with E-state index in [4.69, 9.17) is 5.41 Å². The van der Waals surface area contributed by atoms with Gasteiger partial charge in [-0.25, -0.2) is 9.78 Å². The van der Waals surface area contributed by atoms with E-state index in [1.165, 1.54) is 5.56 Å². The van der Waals surface area contributed by atoms with Gasteiger partial charge in [0.1, 0.15) is 5.65 Å². The van der Waals surface area contributed by atoms with Crippen LogP contribution in [0.15, 0.2) is 66.1 Å². The molecule has 2 heterocycles. The zero-order valence-electron chi connectivity index (χ0n) is 16.2. The lowest BCUT2D eigenvalue weighted by molar-refractivity contribution is 0.243. The standard InChI is InChI=1S/C22H25N5O/c1-15(23)20(13-18-14-26-21-19(18)9-6-11-24-21)16(2)27-22(28)25-12-10-17-7-4-3-5-8-17/h3-9,11,14,23H,10,12-13H2,1-2H3,(H,24,26)(H2,25,27,28)/b20-16-,23-15?. The molecule has 4 N–H and O–H groups in total. The first kappa shape index (κ1) is 19.4. The lowest BCUT2D eigenvalue weighted by Gasteiger charge is -2.13. The largest absolute Gasteiger partial charge is 0.346 e. The summed E-state index contributed by atoms with van der Waals surface area (Å²) in [4.78, 5) is 19.7. The number of nitrogens with zero attached hydrogens (tertiary/aromatic N) is 1. The highest BCUT2D eigenvalue weighted by Gasteiger charge is 2.12. The SMILES string of the molecule is CC(=N)/C(Cc1c[nH]c2ncccc12)=C(/C)NC(=O)NCCc1ccccc1. The smallest absolute Gasteiger partial charge is 0.318 e. The van der Waals surface area contributed by atoms with E-state index in [2.05, 4.69) is 20.6 Å². The van der Waals surface area contributed by atoms with Gasteiger partial charge in [-0.05, 0) is 49.1 Å². The minimum absolute atomic E-state index is 0.257. The summed E-state index contributed by atoms with van der Waals surface area (Å²) in [6, 6.07) is 13.7. The summed E-state index contributed by atoms with van der Waals surface area (Å²) in [6.45, 7) is 4.12. The highest BCUT2D eigenvalue weighted by atomic mass is 16.2. The number of allylic oxidation sites excluding steroid dienone is 2. The molecule has 0 aliphatic carbocycles. The molecule has 0 aliphatic rings. The van der Waals surface area contributed by atoms with Gasteiger partial charge in [0.05, 0.1) is 0 Å². The van der Waals surface area contributed by atoms with E-state index in [0.29, 0.717) is 24.4 Å². The maximum atomic E-state index is 12.2. The third-order valence-corrected chi connectivity index (χ3v) is 4.65. The van der Waals surface area contributed by atoms with Crippen molar-refractivity contribution in [1.82, 2.24) is 20.6 Å². The highest BCUT2D eigenvalue weighted by Crippen LogP contribution is 2.20. The number of hydrogen-bond donors (Lipinski definition) is 4. The number of amides is 2. The first-order valence-electron chi connectivity index (χ1n) is 9.29. The third-order valence-electron chi connectivity index (χ3n) is 4.65. The first-order valence-corrected chi connectivity index (χ1v) is 9.29. The summed E-state index contributed by atoms with van der Waals surface area (Å²) >= 11 is 0. The Morgan fingerprint density at radius 3 is 2.68 bits per heavy atom. The molecule has 1 aromatic carbocycles. The molecular weight excluding hydrogens is 350 g/mol. The van der Waals surface area contributed by atoms with Crippen LogP contribution in [0.5, 0.6) is 0 Å². The first-order chi connectivity index (χ1) is 13.5. The van der Waals surface area contributed by atoms with Crippen molar-refractivity contribution in [3.05, 3.63) is 77.3 Å². The number of pyridine rings is 1. The molecule has 2 aromatic heterocycles. The molecule has 6 nitrogen and oxygen atoms in total. The molecule has 2 amide bonds. The summed E-state index contributed by atoms with van der Waals surface area (Å²) < 4.78 is 0. The maximum absolute atomic E-state index is 12.2. The molecule has 6 heteroatoms. The van der Waals surface area contributed by atoms with E-state index in [9.17, 15) is 4.79 Å². The average Bonchev–Trinajstić information content (AvgIpc) is 3.09. The number of fused-ring (bicyclic) bond motifs is 1. The number of H-pyrrole nitrogens is 1. The van der Waals surface area contributed by atoms with E-state index < -0.39 is 0 Å². The van der Waals surface area contributed by atoms with E-state index in [1.54, 1.807) is 13.1 Å². The van der Waals surface area contributed by atoms with Gasteiger partial charge in [-0.2, -0.15) is 0 Å². The lowest BCUT2D eigenvalue weighted by Crippen LogP contribution is -2.36. The number of carbonyl (C=O) groups is 1. The quantitative estimate of drug-likeness (QED) is 0.471. The van der Waals surface area contributed by atoms with E-state index in [0.717, 1.165) is 28.6 Å². The van der Waals surface area contributed by atoms with Crippen molar-refractivity contribution in [3.8, 4) is 0 Å². The van der Waals surface area contributed by atoms with Crippen molar-refractivity contribution in [2.24, 2.45) is 0 Å². The zero-order chi connectivity index (χ0) is 19.9. The molecule has 3 rings (SSSR count). The molecule has 0 saturated carbocycles. The Morgan fingerprint density at radius 1 is 1.14 bits per heavy atom. The van der Waals surface area contributed by atoms with Crippen LogP contribution in [0.25, 0.3) is 11.0 Å². The molecule has 28 heavy (non-hydrogen) atoms. The minimum Gasteiger partial charge on any atom is -0.346 e. The van der Waals surface area contributed by atoms with E-state index in [-0.39, 0.29) is 6.03 Å². The van der Waals surface area contributed by atoms with Gasteiger partial charge in [-0.1, -0.05) is 30.3 Å². The van der Waals surface area contributed by atoms with Crippen molar-refractivity contribution >= 4 is 22.8 Å². The predicted octanol–water partition coefficient (Wildman–Crippen LogP) is 3.96. The molecule has 0 atom stereocenters. The molecule has 0 saturated heterocycles. The van der Waals surface area contributed by atoms with Gasteiger partial charge >= 0.3 is 6.03 Å². The summed E-state index contributed by atoms with van der Waals surface area (Å²) in [5, 5.41) is 14.9. The van der Waals surface area contributed by atoms with Crippen molar-refractivity contribution < 1.29 is 4.79 Å². The fraction of sp³-hybridized carbons (Fsp3) is 0.227. The Morgan fingerprint density at radius 2 is 1.93 bits per heavy atom. The van der Waals surface area contributed by atoms with Gasteiger partial charge in [0.15, 0.2) is 0 Å². The van der Waals surface area contributed by atoms with Crippen LogP contribution in [0.1, 0.15) is 25.0 Å². The lowest BCUT2D eigenvalue weighted by atomic mass is 10.00. The number of benzene rings is 1. The van der Waals surface area contributed by atoms with Crippen LogP contribution >= 0.6 is 0 Å². The number of aromatic nitrogens is 2. The Bertz CT molecular complexity index is 1000. The molecule has 0 bridgehead atoms. The molecular formula is C22H25N5O. The number of nitrogens with one attached hydrogen (secondary N) is 4. The Kier molecular flexibility index (Phi) is 6.22. The summed E-state index contributed by atoms with van der Waals surface area (Å²) in [5.41, 5.74) is 4.96. The maximum Gasteiger partial charge on any atom is 0.318 e. The van der Waals surface area contributed by atoms with Crippen LogP contribution in [-0.4, -0.2) is 28.3 Å². The van der Waals surface area contributed by atoms with Gasteiger partial charge in [0.25, 0.3) is 0 Å². The fourth-order valence-corrected chi connectivity index (χ4v) is 3.15. The van der Waals surface area contributed by atoms with Gasteiger partial charge in [-0.3, -0.25) is 0 Å². The number of aromatic amines is 1. The number of hydrogen-bond acceptors (Lipinski definition) is 3. The van der Waals surface area contributed by atoms with Gasteiger partial charge in [0.2, 0.25) is 0 Å². The van der Waals surface area contributed by atoms with Crippen molar-refractivity contribution in [2.75, 3.05) is 6.54 Å². The van der Waals surface area contributed by atoms with Crippen LogP contribution in [0.2, 0.25) is 0 Å². The van der Waals surface area contributed by atoms with Crippen LogP contribution in [0, 0.1) is 5.41 Å². The van der Waals surface area contributed by atoms with Crippen LogP contribution in [0.4, 0.5) is 4.79 Å². The fourth-order valence-electron chi connectivity index (χ4n) is 3.15. The molecule has 0 unspecified atom stereocenters. The molecule has 0 fully saturated rings. The normalized spacial score (nSPS) is 11.8. The van der Waals surface area contributed by atoms with Crippen molar-refractivity contribution in [3.63, 3.8) is 0 Å². The Labute approximate surface area is 164 Å². The number of urea groups is 1. The third kappa shape index (κ3) is 4.85.